The Labute approximate surface area is 108 Å². The minimum atomic E-state index is -0.641. The van der Waals surface area contributed by atoms with Crippen LogP contribution in [0.15, 0.2) is 36.5 Å². The highest BCUT2D eigenvalue weighted by Crippen LogP contribution is 2.21. The van der Waals surface area contributed by atoms with Crippen LogP contribution in [-0.4, -0.2) is 17.9 Å². The lowest BCUT2D eigenvalue weighted by Crippen LogP contribution is -2.06. The van der Waals surface area contributed by atoms with Gasteiger partial charge in [-0.15, -0.1) is 0 Å². The van der Waals surface area contributed by atoms with Crippen molar-refractivity contribution in [2.24, 2.45) is 0 Å². The summed E-state index contributed by atoms with van der Waals surface area (Å²) in [6.45, 7) is 0. The smallest absolute Gasteiger partial charge is 0.215 e. The van der Waals surface area contributed by atoms with Crippen LogP contribution in [0.5, 0.6) is 5.75 Å². The Hall–Kier alpha value is -1.94. The Morgan fingerprint density at radius 2 is 2.17 bits per heavy atom. The molecule has 0 atom stereocenters. The van der Waals surface area contributed by atoms with Gasteiger partial charge in [0.25, 0.3) is 0 Å². The number of ether oxygens (including phenoxy) is 1. The van der Waals surface area contributed by atoms with Gasteiger partial charge >= 0.3 is 0 Å². The van der Waals surface area contributed by atoms with Crippen LogP contribution >= 0.6 is 11.6 Å². The fourth-order valence-electron chi connectivity index (χ4n) is 1.50. The Bertz CT molecular complexity index is 601. The van der Waals surface area contributed by atoms with E-state index in [4.69, 9.17) is 16.3 Å². The highest BCUT2D eigenvalue weighted by molar-refractivity contribution is 6.30. The van der Waals surface area contributed by atoms with Crippen LogP contribution in [0.1, 0.15) is 16.1 Å². The molecule has 0 spiro atoms. The number of aromatic nitrogens is 1. The van der Waals surface area contributed by atoms with Gasteiger partial charge in [-0.3, -0.25) is 4.79 Å². The molecule has 0 fully saturated rings. The van der Waals surface area contributed by atoms with Crippen molar-refractivity contribution >= 4 is 17.4 Å². The normalized spacial score (nSPS) is 10.2. The molecule has 0 aliphatic heterocycles. The zero-order chi connectivity index (χ0) is 13.1. The number of halogens is 2. The third-order valence-electron chi connectivity index (χ3n) is 2.39. The Morgan fingerprint density at radius 1 is 1.39 bits per heavy atom. The molecule has 0 N–H and O–H groups in total. The maximum Gasteiger partial charge on any atom is 0.215 e. The van der Waals surface area contributed by atoms with Gasteiger partial charge in [-0.25, -0.2) is 9.37 Å². The first-order chi connectivity index (χ1) is 8.63. The van der Waals surface area contributed by atoms with Crippen LogP contribution in [0.2, 0.25) is 5.02 Å². The largest absolute Gasteiger partial charge is 0.494 e. The molecule has 1 heterocycles. The van der Waals surface area contributed by atoms with Crippen molar-refractivity contribution in [1.29, 1.82) is 0 Å². The number of methoxy groups -OCH3 is 1. The number of nitrogens with zero attached hydrogens (tertiary/aromatic N) is 1. The quantitative estimate of drug-likeness (QED) is 0.801. The first-order valence-corrected chi connectivity index (χ1v) is 5.50. The maximum absolute atomic E-state index is 13.3. The summed E-state index contributed by atoms with van der Waals surface area (Å²) in [5.74, 6) is -0.710. The van der Waals surface area contributed by atoms with Crippen molar-refractivity contribution in [3.8, 4) is 5.75 Å². The molecule has 0 aliphatic rings. The highest BCUT2D eigenvalue weighted by Gasteiger charge is 2.16. The van der Waals surface area contributed by atoms with Crippen molar-refractivity contribution in [1.82, 2.24) is 4.98 Å². The summed E-state index contributed by atoms with van der Waals surface area (Å²) in [6, 6.07) is 7.13. The highest BCUT2D eigenvalue weighted by atomic mass is 35.5. The topological polar surface area (TPSA) is 39.2 Å². The van der Waals surface area contributed by atoms with Crippen molar-refractivity contribution in [3.63, 3.8) is 0 Å². The molecule has 3 nitrogen and oxygen atoms in total. The van der Waals surface area contributed by atoms with E-state index in [1.807, 2.05) is 0 Å². The second-order valence-electron chi connectivity index (χ2n) is 3.51. The Balaban J connectivity index is 2.44. The number of carbonyl (C=O) groups is 1. The minimum Gasteiger partial charge on any atom is -0.494 e. The predicted octanol–water partition coefficient (Wildman–Crippen LogP) is 3.11. The summed E-state index contributed by atoms with van der Waals surface area (Å²) in [5.41, 5.74) is 0.315. The number of carbonyl (C=O) groups excluding carboxylic acids is 1. The van der Waals surface area contributed by atoms with Crippen LogP contribution in [0.3, 0.4) is 0 Å². The first-order valence-electron chi connectivity index (χ1n) is 5.12. The fourth-order valence-corrected chi connectivity index (χ4v) is 1.62. The van der Waals surface area contributed by atoms with Crippen molar-refractivity contribution < 1.29 is 13.9 Å². The summed E-state index contributed by atoms with van der Waals surface area (Å²) >= 11 is 5.56. The zero-order valence-electron chi connectivity index (χ0n) is 9.48. The van der Waals surface area contributed by atoms with Crippen molar-refractivity contribution in [2.75, 3.05) is 7.11 Å². The van der Waals surface area contributed by atoms with Gasteiger partial charge in [-0.05, 0) is 30.3 Å². The standard InChI is InChI=1S/C13H9ClFNO2/c1-18-11-3-2-6-16-12(11)13(17)8-4-5-9(14)10(15)7-8/h2-7H,1H3. The van der Waals surface area contributed by atoms with E-state index in [9.17, 15) is 9.18 Å². The first kappa shape index (κ1) is 12.5. The SMILES string of the molecule is COc1cccnc1C(=O)c1ccc(Cl)c(F)c1. The van der Waals surface area contributed by atoms with Crippen molar-refractivity contribution in [2.45, 2.75) is 0 Å². The van der Waals surface area contributed by atoms with E-state index >= 15 is 0 Å². The van der Waals surface area contributed by atoms with Gasteiger partial charge in [-0.1, -0.05) is 11.6 Å². The lowest BCUT2D eigenvalue weighted by atomic mass is 10.1. The lowest BCUT2D eigenvalue weighted by Gasteiger charge is -2.06. The second kappa shape index (κ2) is 5.14. The van der Waals surface area contributed by atoms with E-state index in [1.165, 1.54) is 25.4 Å². The average molecular weight is 266 g/mol. The van der Waals surface area contributed by atoms with E-state index in [2.05, 4.69) is 4.98 Å². The molecule has 2 rings (SSSR count). The third-order valence-corrected chi connectivity index (χ3v) is 2.69. The number of hydrogen-bond donors (Lipinski definition) is 0. The molecule has 92 valence electrons. The molecule has 0 aliphatic carbocycles. The van der Waals surface area contributed by atoms with Crippen LogP contribution in [-0.2, 0) is 0 Å². The number of hydrogen-bond acceptors (Lipinski definition) is 3. The Kier molecular flexibility index (Phi) is 3.58. The Morgan fingerprint density at radius 3 is 2.83 bits per heavy atom. The average Bonchev–Trinajstić information content (AvgIpc) is 2.41. The summed E-state index contributed by atoms with van der Waals surface area (Å²) in [5, 5.41) is -0.0282. The predicted molar refractivity (Wildman–Crippen MR) is 65.6 cm³/mol. The molecule has 0 saturated carbocycles. The van der Waals surface area contributed by atoms with Crippen LogP contribution in [0.25, 0.3) is 0 Å². The van der Waals surface area contributed by atoms with Gasteiger partial charge in [0, 0.05) is 11.8 Å². The van der Waals surface area contributed by atoms with Crippen molar-refractivity contribution in [3.05, 3.63) is 58.6 Å². The molecule has 5 heteroatoms. The summed E-state index contributed by atoms with van der Waals surface area (Å²) in [6.07, 6.45) is 1.47. The lowest BCUT2D eigenvalue weighted by molar-refractivity contribution is 0.103. The molecule has 2 aromatic rings. The molecule has 1 aromatic carbocycles. The van der Waals surface area contributed by atoms with E-state index in [-0.39, 0.29) is 16.3 Å². The summed E-state index contributed by atoms with van der Waals surface area (Å²) in [4.78, 5) is 16.1. The number of pyridine rings is 1. The molecule has 18 heavy (non-hydrogen) atoms. The number of rotatable bonds is 3. The zero-order valence-corrected chi connectivity index (χ0v) is 10.2. The molecular formula is C13H9ClFNO2. The molecule has 0 unspecified atom stereocenters. The van der Waals surface area contributed by atoms with Crippen LogP contribution in [0, 0.1) is 5.82 Å². The van der Waals surface area contributed by atoms with Gasteiger partial charge in [0.1, 0.15) is 11.6 Å². The maximum atomic E-state index is 13.3. The van der Waals surface area contributed by atoms with Crippen LogP contribution in [0.4, 0.5) is 4.39 Å². The van der Waals surface area contributed by atoms with Gasteiger partial charge in [-0.2, -0.15) is 0 Å². The molecule has 1 aromatic heterocycles. The summed E-state index contributed by atoms with van der Waals surface area (Å²) in [7, 11) is 1.44. The van der Waals surface area contributed by atoms with E-state index in [0.717, 1.165) is 6.07 Å². The van der Waals surface area contributed by atoms with Gasteiger partial charge < -0.3 is 4.74 Å². The fraction of sp³-hybridized carbons (Fsp3) is 0.0769. The molecule has 0 bridgehead atoms. The monoisotopic (exact) mass is 265 g/mol. The van der Waals surface area contributed by atoms with Crippen LogP contribution < -0.4 is 4.74 Å². The van der Waals surface area contributed by atoms with Gasteiger partial charge in [0.05, 0.1) is 12.1 Å². The minimum absolute atomic E-state index is 0.0282. The van der Waals surface area contributed by atoms with E-state index < -0.39 is 11.6 Å². The molecule has 0 amide bonds. The summed E-state index contributed by atoms with van der Waals surface area (Å²) < 4.78 is 18.3. The van der Waals surface area contributed by atoms with E-state index in [0.29, 0.717) is 5.75 Å². The third kappa shape index (κ3) is 2.33. The van der Waals surface area contributed by atoms with E-state index in [1.54, 1.807) is 12.1 Å². The van der Waals surface area contributed by atoms with Gasteiger partial charge in [0.15, 0.2) is 5.69 Å². The molecule has 0 radical (unpaired) electrons. The molecular weight excluding hydrogens is 257 g/mol. The second-order valence-corrected chi connectivity index (χ2v) is 3.92. The number of benzene rings is 1. The number of ketones is 1. The van der Waals surface area contributed by atoms with Gasteiger partial charge in [0.2, 0.25) is 5.78 Å². The molecule has 0 saturated heterocycles.